The molecule has 0 aliphatic carbocycles. The molecule has 0 spiro atoms. The average Bonchev–Trinajstić information content (AvgIpc) is 3.29. The van der Waals surface area contributed by atoms with Gasteiger partial charge in [0.15, 0.2) is 0 Å². The molecule has 6 heteroatoms. The Kier molecular flexibility index (Phi) is 5.50. The first-order valence-corrected chi connectivity index (χ1v) is 10.2. The number of carbonyl (C=O) groups is 1. The molecular weight excluding hydrogens is 390 g/mol. The van der Waals surface area contributed by atoms with Gasteiger partial charge in [-0.05, 0) is 29.8 Å². The molecule has 0 aromatic heterocycles. The van der Waals surface area contributed by atoms with E-state index in [1.807, 2.05) is 66.7 Å². The van der Waals surface area contributed by atoms with E-state index in [1.165, 1.54) is 11.8 Å². The smallest absolute Gasteiger partial charge is 0.245 e. The van der Waals surface area contributed by atoms with Gasteiger partial charge in [-0.3, -0.25) is 9.69 Å². The Morgan fingerprint density at radius 3 is 2.75 bits per heavy atom. The quantitative estimate of drug-likeness (QED) is 0.665. The zero-order chi connectivity index (χ0) is 19.5. The van der Waals surface area contributed by atoms with Gasteiger partial charge in [-0.1, -0.05) is 66.4 Å². The summed E-state index contributed by atoms with van der Waals surface area (Å²) in [4.78, 5) is 14.5. The van der Waals surface area contributed by atoms with Gasteiger partial charge >= 0.3 is 0 Å². The maximum absolute atomic E-state index is 12.8. The van der Waals surface area contributed by atoms with E-state index in [1.54, 1.807) is 12.0 Å². The lowest BCUT2D eigenvalue weighted by Crippen LogP contribution is -2.30. The minimum absolute atomic E-state index is 0.000643. The van der Waals surface area contributed by atoms with Crippen molar-refractivity contribution in [2.24, 2.45) is 0 Å². The number of carbonyl (C=O) groups excluding carboxylic acids is 1. The Bertz CT molecular complexity index is 969. The molecule has 2 aromatic carbocycles. The predicted molar refractivity (Wildman–Crippen MR) is 116 cm³/mol. The highest BCUT2D eigenvalue weighted by Crippen LogP contribution is 2.36. The van der Waals surface area contributed by atoms with Crippen LogP contribution in [0.1, 0.15) is 17.5 Å². The Labute approximate surface area is 173 Å². The van der Waals surface area contributed by atoms with Gasteiger partial charge in [0.2, 0.25) is 5.91 Å². The van der Waals surface area contributed by atoms with Gasteiger partial charge in [-0.2, -0.15) is 0 Å². The highest BCUT2D eigenvalue weighted by molar-refractivity contribution is 8.24. The van der Waals surface area contributed by atoms with Crippen molar-refractivity contribution in [1.29, 1.82) is 0 Å². The first-order chi connectivity index (χ1) is 13.7. The summed E-state index contributed by atoms with van der Waals surface area (Å²) in [6.07, 6.45) is 4.53. The number of allylic oxidation sites excluding steroid dienone is 1. The second-order valence-corrected chi connectivity index (χ2v) is 8.20. The zero-order valence-electron chi connectivity index (χ0n) is 15.3. The van der Waals surface area contributed by atoms with Crippen LogP contribution >= 0.6 is 24.0 Å². The molecule has 2 aromatic rings. The van der Waals surface area contributed by atoms with Crippen molar-refractivity contribution in [2.75, 3.05) is 7.11 Å². The van der Waals surface area contributed by atoms with Crippen molar-refractivity contribution in [3.8, 4) is 5.75 Å². The van der Waals surface area contributed by atoms with E-state index in [0.29, 0.717) is 17.3 Å². The molecule has 1 unspecified atom stereocenters. The SMILES string of the molecule is COc1ccccc1C1=CCC(=CC2SC(=S)N(Cc3ccccc3)C2=O)O1. The van der Waals surface area contributed by atoms with E-state index in [4.69, 9.17) is 21.7 Å². The number of benzene rings is 2. The van der Waals surface area contributed by atoms with Crippen LogP contribution in [-0.2, 0) is 16.1 Å². The number of rotatable bonds is 5. The number of thioether (sulfide) groups is 1. The highest BCUT2D eigenvalue weighted by atomic mass is 32.2. The molecule has 1 fully saturated rings. The Morgan fingerprint density at radius 1 is 1.21 bits per heavy atom. The van der Waals surface area contributed by atoms with E-state index in [2.05, 4.69) is 0 Å². The number of amides is 1. The van der Waals surface area contributed by atoms with Gasteiger partial charge in [0.05, 0.1) is 19.2 Å². The van der Waals surface area contributed by atoms with E-state index in [0.717, 1.165) is 28.4 Å². The third-order valence-corrected chi connectivity index (χ3v) is 6.10. The summed E-state index contributed by atoms with van der Waals surface area (Å²) in [5, 5.41) is -0.350. The summed E-state index contributed by atoms with van der Waals surface area (Å²) in [7, 11) is 1.64. The molecule has 28 heavy (non-hydrogen) atoms. The highest BCUT2D eigenvalue weighted by Gasteiger charge is 2.36. The lowest BCUT2D eigenvalue weighted by Gasteiger charge is -2.15. The van der Waals surface area contributed by atoms with E-state index < -0.39 is 0 Å². The molecule has 0 saturated carbocycles. The molecule has 1 saturated heterocycles. The molecule has 4 nitrogen and oxygen atoms in total. The molecule has 2 aliphatic heterocycles. The maximum Gasteiger partial charge on any atom is 0.245 e. The van der Waals surface area contributed by atoms with Crippen LogP contribution in [0, 0.1) is 0 Å². The molecule has 0 radical (unpaired) electrons. The standard InChI is InChI=1S/C22H19NO3S2/c1-25-18-10-6-5-9-17(18)19-12-11-16(26-19)13-20-21(24)23(22(27)28-20)14-15-7-3-2-4-8-15/h2-10,12-13,20H,11,14H2,1H3. The summed E-state index contributed by atoms with van der Waals surface area (Å²) in [6.45, 7) is 0.497. The number of thiocarbonyl (C=S) groups is 1. The van der Waals surface area contributed by atoms with Crippen LogP contribution in [0.4, 0.5) is 0 Å². The number of methoxy groups -OCH3 is 1. The van der Waals surface area contributed by atoms with Crippen molar-refractivity contribution < 1.29 is 14.3 Å². The van der Waals surface area contributed by atoms with E-state index in [-0.39, 0.29) is 11.2 Å². The lowest BCUT2D eigenvalue weighted by molar-refractivity contribution is -0.125. The fraction of sp³-hybridized carbons (Fsp3) is 0.182. The van der Waals surface area contributed by atoms with Crippen molar-refractivity contribution >= 4 is 40.0 Å². The number of nitrogens with zero attached hydrogens (tertiary/aromatic N) is 1. The van der Waals surface area contributed by atoms with Crippen molar-refractivity contribution in [2.45, 2.75) is 18.2 Å². The third kappa shape index (κ3) is 3.84. The molecule has 2 heterocycles. The van der Waals surface area contributed by atoms with Crippen LogP contribution in [0.5, 0.6) is 5.75 Å². The van der Waals surface area contributed by atoms with Crippen LogP contribution in [0.15, 0.2) is 72.5 Å². The largest absolute Gasteiger partial charge is 0.496 e. The van der Waals surface area contributed by atoms with Crippen molar-refractivity contribution in [1.82, 2.24) is 4.90 Å². The summed E-state index contributed by atoms with van der Waals surface area (Å²) in [5.74, 6) is 2.27. The minimum atomic E-state index is -0.350. The number of hydrogen-bond donors (Lipinski definition) is 0. The topological polar surface area (TPSA) is 38.8 Å². The predicted octanol–water partition coefficient (Wildman–Crippen LogP) is 4.77. The second-order valence-electron chi connectivity index (χ2n) is 6.42. The molecule has 4 rings (SSSR count). The molecule has 0 N–H and O–H groups in total. The first kappa shape index (κ1) is 18.8. The van der Waals surface area contributed by atoms with E-state index in [9.17, 15) is 4.79 Å². The zero-order valence-corrected chi connectivity index (χ0v) is 17.0. The average molecular weight is 410 g/mol. The number of ether oxygens (including phenoxy) is 2. The molecule has 1 amide bonds. The maximum atomic E-state index is 12.8. The van der Waals surface area contributed by atoms with Gasteiger partial charge in [-0.25, -0.2) is 0 Å². The number of hydrogen-bond acceptors (Lipinski definition) is 5. The minimum Gasteiger partial charge on any atom is -0.496 e. The van der Waals surface area contributed by atoms with Gasteiger partial charge < -0.3 is 9.47 Å². The normalized spacial score (nSPS) is 20.5. The van der Waals surface area contributed by atoms with Gasteiger partial charge in [0.25, 0.3) is 0 Å². The number of para-hydroxylation sites is 1. The van der Waals surface area contributed by atoms with E-state index >= 15 is 0 Å². The second kappa shape index (κ2) is 8.20. The third-order valence-electron chi connectivity index (χ3n) is 4.58. The first-order valence-electron chi connectivity index (χ1n) is 8.93. The van der Waals surface area contributed by atoms with Gasteiger partial charge in [-0.15, -0.1) is 0 Å². The van der Waals surface area contributed by atoms with Crippen LogP contribution < -0.4 is 4.74 Å². The fourth-order valence-electron chi connectivity index (χ4n) is 3.18. The molecule has 0 bridgehead atoms. The lowest BCUT2D eigenvalue weighted by atomic mass is 10.1. The van der Waals surface area contributed by atoms with Crippen LogP contribution in [0.25, 0.3) is 5.76 Å². The summed E-state index contributed by atoms with van der Waals surface area (Å²) >= 11 is 6.83. The molecule has 1 atom stereocenters. The fourth-order valence-corrected chi connectivity index (χ4v) is 4.59. The van der Waals surface area contributed by atoms with Crippen LogP contribution in [0.3, 0.4) is 0 Å². The Hall–Kier alpha value is -2.57. The van der Waals surface area contributed by atoms with Crippen molar-refractivity contribution in [3.63, 3.8) is 0 Å². The summed E-state index contributed by atoms with van der Waals surface area (Å²) in [5.41, 5.74) is 1.96. The monoisotopic (exact) mass is 409 g/mol. The van der Waals surface area contributed by atoms with Gasteiger partial charge in [0, 0.05) is 6.42 Å². The van der Waals surface area contributed by atoms with Gasteiger partial charge in [0.1, 0.15) is 26.8 Å². The van der Waals surface area contributed by atoms with Crippen molar-refractivity contribution in [3.05, 3.63) is 83.6 Å². The molecular formula is C22H19NO3S2. The molecule has 2 aliphatic rings. The summed E-state index contributed by atoms with van der Waals surface area (Å²) in [6, 6.07) is 17.6. The Balaban J connectivity index is 1.45. The Morgan fingerprint density at radius 2 is 1.96 bits per heavy atom. The molecule has 142 valence electrons. The summed E-state index contributed by atoms with van der Waals surface area (Å²) < 4.78 is 12.0. The van der Waals surface area contributed by atoms with Crippen LogP contribution in [-0.4, -0.2) is 27.5 Å². The van der Waals surface area contributed by atoms with Crippen LogP contribution in [0.2, 0.25) is 0 Å².